The molecule has 0 bridgehead atoms. The van der Waals surface area contributed by atoms with Gasteiger partial charge in [0.05, 0.1) is 18.0 Å². The van der Waals surface area contributed by atoms with Crippen molar-refractivity contribution in [3.05, 3.63) is 29.0 Å². The van der Waals surface area contributed by atoms with Crippen molar-refractivity contribution in [1.82, 2.24) is 9.88 Å². The van der Waals surface area contributed by atoms with Gasteiger partial charge in [-0.25, -0.2) is 4.98 Å². The van der Waals surface area contributed by atoms with Gasteiger partial charge in [-0.3, -0.25) is 9.59 Å². The van der Waals surface area contributed by atoms with E-state index < -0.39 is 0 Å². The smallest absolute Gasteiger partial charge is 0.228 e. The van der Waals surface area contributed by atoms with Crippen molar-refractivity contribution in [3.63, 3.8) is 0 Å². The highest BCUT2D eigenvalue weighted by atomic mass is 32.1. The van der Waals surface area contributed by atoms with Gasteiger partial charge in [-0.15, -0.1) is 11.3 Å². The number of primary amides is 1. The molecule has 0 radical (unpaired) electrons. The van der Waals surface area contributed by atoms with Crippen LogP contribution in [0.5, 0.6) is 0 Å². The zero-order valence-corrected chi connectivity index (χ0v) is 13.1. The average molecular weight is 319 g/mol. The molecule has 1 aliphatic heterocycles. The standard InChI is InChI=1S/C15H17N3O3S/c1-9-2-3-12(21-9)15-17-11(8-22-15)6-13(19)18-5-4-10(7-18)14(16)20/h2-3,8,10H,4-7H2,1H3,(H2,16,20). The number of aromatic nitrogens is 1. The molecule has 0 aromatic carbocycles. The fourth-order valence-corrected chi connectivity index (χ4v) is 3.32. The van der Waals surface area contributed by atoms with E-state index in [2.05, 4.69) is 4.98 Å². The normalized spacial score (nSPS) is 17.9. The number of rotatable bonds is 4. The Balaban J connectivity index is 1.63. The van der Waals surface area contributed by atoms with Gasteiger partial charge >= 0.3 is 0 Å². The molecule has 3 rings (SSSR count). The molecular weight excluding hydrogens is 302 g/mol. The highest BCUT2D eigenvalue weighted by Crippen LogP contribution is 2.26. The zero-order valence-electron chi connectivity index (χ0n) is 12.2. The van der Waals surface area contributed by atoms with E-state index >= 15 is 0 Å². The van der Waals surface area contributed by atoms with Gasteiger partial charge in [0.25, 0.3) is 0 Å². The number of furan rings is 1. The summed E-state index contributed by atoms with van der Waals surface area (Å²) in [5, 5.41) is 2.64. The SMILES string of the molecule is Cc1ccc(-c2nc(CC(=O)N3CCC(C(N)=O)C3)cs2)o1. The molecule has 0 spiro atoms. The Morgan fingerprint density at radius 3 is 2.95 bits per heavy atom. The Morgan fingerprint density at radius 2 is 2.32 bits per heavy atom. The van der Waals surface area contributed by atoms with Gasteiger partial charge in [-0.05, 0) is 25.5 Å². The summed E-state index contributed by atoms with van der Waals surface area (Å²) in [6, 6.07) is 3.76. The van der Waals surface area contributed by atoms with Crippen molar-refractivity contribution >= 4 is 23.2 Å². The average Bonchev–Trinajstić information content (AvgIpc) is 3.17. The number of hydrogen-bond acceptors (Lipinski definition) is 5. The molecule has 116 valence electrons. The van der Waals surface area contributed by atoms with E-state index in [4.69, 9.17) is 10.2 Å². The Morgan fingerprint density at radius 1 is 1.50 bits per heavy atom. The second-order valence-electron chi connectivity index (χ2n) is 5.46. The molecule has 0 saturated carbocycles. The lowest BCUT2D eigenvalue weighted by atomic mass is 10.1. The maximum Gasteiger partial charge on any atom is 0.228 e. The van der Waals surface area contributed by atoms with Crippen molar-refractivity contribution in [3.8, 4) is 10.8 Å². The number of hydrogen-bond donors (Lipinski definition) is 1. The summed E-state index contributed by atoms with van der Waals surface area (Å²) in [6.45, 7) is 2.88. The third-order valence-electron chi connectivity index (χ3n) is 3.78. The molecule has 7 heteroatoms. The first-order chi connectivity index (χ1) is 10.5. The summed E-state index contributed by atoms with van der Waals surface area (Å²) in [7, 11) is 0. The van der Waals surface area contributed by atoms with Crippen LogP contribution in [0.25, 0.3) is 10.8 Å². The van der Waals surface area contributed by atoms with Crippen molar-refractivity contribution < 1.29 is 14.0 Å². The monoisotopic (exact) mass is 319 g/mol. The molecule has 1 atom stereocenters. The first-order valence-corrected chi connectivity index (χ1v) is 7.99. The Hall–Kier alpha value is -2.15. The number of nitrogens with two attached hydrogens (primary N) is 1. The summed E-state index contributed by atoms with van der Waals surface area (Å²) >= 11 is 1.46. The van der Waals surface area contributed by atoms with Crippen molar-refractivity contribution in [2.24, 2.45) is 11.7 Å². The highest BCUT2D eigenvalue weighted by Gasteiger charge is 2.29. The summed E-state index contributed by atoms with van der Waals surface area (Å²) in [6.07, 6.45) is 0.886. The predicted octanol–water partition coefficient (Wildman–Crippen LogP) is 1.59. The second kappa shape index (κ2) is 5.92. The first kappa shape index (κ1) is 14.8. The summed E-state index contributed by atoms with van der Waals surface area (Å²) in [5.74, 6) is 0.977. The molecule has 1 saturated heterocycles. The van der Waals surface area contributed by atoms with E-state index in [9.17, 15) is 9.59 Å². The number of aryl methyl sites for hydroxylation is 1. The molecule has 22 heavy (non-hydrogen) atoms. The van der Waals surface area contributed by atoms with Crippen LogP contribution in [0.15, 0.2) is 21.9 Å². The number of likely N-dealkylation sites (tertiary alicyclic amines) is 1. The molecule has 1 fully saturated rings. The van der Waals surface area contributed by atoms with Crippen LogP contribution < -0.4 is 5.73 Å². The Bertz CT molecular complexity index is 706. The van der Waals surface area contributed by atoms with E-state index in [-0.39, 0.29) is 24.2 Å². The lowest BCUT2D eigenvalue weighted by molar-refractivity contribution is -0.129. The minimum absolute atomic E-state index is 0.0174. The summed E-state index contributed by atoms with van der Waals surface area (Å²) in [5.41, 5.74) is 6.01. The molecule has 6 nitrogen and oxygen atoms in total. The molecular formula is C15H17N3O3S. The molecule has 2 aromatic heterocycles. The van der Waals surface area contributed by atoms with Crippen LogP contribution in [0, 0.1) is 12.8 Å². The third kappa shape index (κ3) is 3.04. The molecule has 2 aromatic rings. The topological polar surface area (TPSA) is 89.4 Å². The van der Waals surface area contributed by atoms with E-state index in [0.29, 0.717) is 19.5 Å². The van der Waals surface area contributed by atoms with Crippen LogP contribution in [0.1, 0.15) is 17.9 Å². The van der Waals surface area contributed by atoms with Gasteiger partial charge in [0, 0.05) is 18.5 Å². The molecule has 2 amide bonds. The fraction of sp³-hybridized carbons (Fsp3) is 0.400. The lowest BCUT2D eigenvalue weighted by Gasteiger charge is -2.14. The minimum atomic E-state index is -0.334. The fourth-order valence-electron chi connectivity index (χ4n) is 2.54. The second-order valence-corrected chi connectivity index (χ2v) is 6.32. The van der Waals surface area contributed by atoms with E-state index in [1.165, 1.54) is 11.3 Å². The Kier molecular flexibility index (Phi) is 3.98. The van der Waals surface area contributed by atoms with Gasteiger partial charge < -0.3 is 15.1 Å². The van der Waals surface area contributed by atoms with Gasteiger partial charge in [0.15, 0.2) is 10.8 Å². The van der Waals surface area contributed by atoms with Crippen LogP contribution >= 0.6 is 11.3 Å². The maximum atomic E-state index is 12.2. The molecule has 2 N–H and O–H groups in total. The number of thiazole rings is 1. The predicted molar refractivity (Wildman–Crippen MR) is 82.1 cm³/mol. The Labute approximate surface area is 131 Å². The number of nitrogens with zero attached hydrogens (tertiary/aromatic N) is 2. The number of carbonyl (C=O) groups excluding carboxylic acids is 2. The summed E-state index contributed by atoms with van der Waals surface area (Å²) < 4.78 is 5.53. The lowest BCUT2D eigenvalue weighted by Crippen LogP contribution is -2.32. The van der Waals surface area contributed by atoms with E-state index in [1.807, 2.05) is 24.4 Å². The zero-order chi connectivity index (χ0) is 15.7. The van der Waals surface area contributed by atoms with Crippen LogP contribution in [0.2, 0.25) is 0 Å². The largest absolute Gasteiger partial charge is 0.459 e. The molecule has 3 heterocycles. The van der Waals surface area contributed by atoms with Crippen LogP contribution in [0.4, 0.5) is 0 Å². The van der Waals surface area contributed by atoms with Crippen LogP contribution in [0.3, 0.4) is 0 Å². The van der Waals surface area contributed by atoms with Gasteiger partial charge in [0.1, 0.15) is 5.76 Å². The third-order valence-corrected chi connectivity index (χ3v) is 4.68. The van der Waals surface area contributed by atoms with Crippen molar-refractivity contribution in [2.75, 3.05) is 13.1 Å². The number of carbonyl (C=O) groups is 2. The number of amides is 2. The highest BCUT2D eigenvalue weighted by molar-refractivity contribution is 7.13. The van der Waals surface area contributed by atoms with Crippen LogP contribution in [-0.2, 0) is 16.0 Å². The van der Waals surface area contributed by atoms with Gasteiger partial charge in [-0.2, -0.15) is 0 Å². The van der Waals surface area contributed by atoms with Gasteiger partial charge in [0.2, 0.25) is 11.8 Å². The molecule has 0 aliphatic carbocycles. The van der Waals surface area contributed by atoms with Crippen LogP contribution in [-0.4, -0.2) is 34.8 Å². The van der Waals surface area contributed by atoms with Gasteiger partial charge in [-0.1, -0.05) is 0 Å². The van der Waals surface area contributed by atoms with Crippen molar-refractivity contribution in [2.45, 2.75) is 19.8 Å². The van der Waals surface area contributed by atoms with Crippen molar-refractivity contribution in [1.29, 1.82) is 0 Å². The molecule has 1 unspecified atom stereocenters. The van der Waals surface area contributed by atoms with E-state index in [0.717, 1.165) is 22.2 Å². The quantitative estimate of drug-likeness (QED) is 0.926. The maximum absolute atomic E-state index is 12.2. The molecule has 1 aliphatic rings. The van der Waals surface area contributed by atoms with E-state index in [1.54, 1.807) is 4.90 Å². The first-order valence-electron chi connectivity index (χ1n) is 7.11. The summed E-state index contributed by atoms with van der Waals surface area (Å²) in [4.78, 5) is 29.5. The minimum Gasteiger partial charge on any atom is -0.459 e.